The number of rotatable bonds is 5. The van der Waals surface area contributed by atoms with E-state index in [1.807, 2.05) is 0 Å². The van der Waals surface area contributed by atoms with Gasteiger partial charge in [-0.25, -0.2) is 9.79 Å². The van der Waals surface area contributed by atoms with Gasteiger partial charge in [0.25, 0.3) is 0 Å². The van der Waals surface area contributed by atoms with E-state index in [2.05, 4.69) is 4.99 Å². The standard InChI is InChI=1S/C22H18F3NO5S/c1-3-31-16-10-12(4-9-15(16)27)11-17-19(28)18(21(29)30-2)20(32-17)26-14-7-5-13(6-8-14)22(23,24)25/h4-11,27-28H,3H2,1-2H3/b17-11+,26-20?. The summed E-state index contributed by atoms with van der Waals surface area (Å²) in [6.45, 7) is 2.10. The third-order valence-corrected chi connectivity index (χ3v) is 5.31. The van der Waals surface area contributed by atoms with E-state index in [0.29, 0.717) is 12.2 Å². The molecule has 0 unspecified atom stereocenters. The van der Waals surface area contributed by atoms with Crippen LogP contribution in [0.5, 0.6) is 11.5 Å². The first kappa shape index (κ1) is 23.3. The second-order valence-corrected chi connectivity index (χ2v) is 7.48. The van der Waals surface area contributed by atoms with Gasteiger partial charge in [0.2, 0.25) is 0 Å². The van der Waals surface area contributed by atoms with Crippen molar-refractivity contribution in [1.82, 2.24) is 0 Å². The van der Waals surface area contributed by atoms with Gasteiger partial charge in [0.1, 0.15) is 16.4 Å². The molecule has 0 saturated carbocycles. The lowest BCUT2D eigenvalue weighted by molar-refractivity contribution is -0.137. The fraction of sp³-hybridized carbons (Fsp3) is 0.182. The van der Waals surface area contributed by atoms with E-state index in [1.165, 1.54) is 18.2 Å². The number of carbonyl (C=O) groups is 1. The van der Waals surface area contributed by atoms with Gasteiger partial charge < -0.3 is 19.7 Å². The van der Waals surface area contributed by atoms with E-state index in [1.54, 1.807) is 25.1 Å². The lowest BCUT2D eigenvalue weighted by Gasteiger charge is -2.07. The zero-order valence-electron chi connectivity index (χ0n) is 16.9. The highest BCUT2D eigenvalue weighted by molar-refractivity contribution is 8.18. The number of hydrogen-bond acceptors (Lipinski definition) is 7. The topological polar surface area (TPSA) is 88.4 Å². The van der Waals surface area contributed by atoms with Crippen molar-refractivity contribution < 1.29 is 37.7 Å². The number of aliphatic imine (C=N–C) groups is 1. The van der Waals surface area contributed by atoms with Gasteiger partial charge in [0.05, 0.1) is 29.9 Å². The Labute approximate surface area is 185 Å². The number of halogens is 3. The Kier molecular flexibility index (Phi) is 6.83. The summed E-state index contributed by atoms with van der Waals surface area (Å²) in [5.41, 5.74) is -0.294. The Balaban J connectivity index is 1.99. The van der Waals surface area contributed by atoms with Crippen LogP contribution in [0.3, 0.4) is 0 Å². The number of benzene rings is 2. The molecule has 0 atom stereocenters. The van der Waals surface area contributed by atoms with E-state index < -0.39 is 17.7 Å². The minimum absolute atomic E-state index is 0.0485. The zero-order valence-corrected chi connectivity index (χ0v) is 17.8. The van der Waals surface area contributed by atoms with Crippen LogP contribution in [0.15, 0.2) is 63.7 Å². The van der Waals surface area contributed by atoms with Crippen LogP contribution in [-0.4, -0.2) is 34.9 Å². The number of nitrogens with zero attached hydrogens (tertiary/aromatic N) is 1. The fourth-order valence-corrected chi connectivity index (χ4v) is 3.81. The number of phenolic OH excluding ortho intramolecular Hbond substituents is 1. The molecular weight excluding hydrogens is 447 g/mol. The first-order valence-corrected chi connectivity index (χ1v) is 10.1. The van der Waals surface area contributed by atoms with E-state index in [0.717, 1.165) is 31.0 Å². The number of esters is 1. The van der Waals surface area contributed by atoms with Crippen LogP contribution in [-0.2, 0) is 15.7 Å². The Bertz CT molecular complexity index is 1120. The van der Waals surface area contributed by atoms with Crippen molar-refractivity contribution >= 4 is 34.5 Å². The number of aliphatic hydroxyl groups excluding tert-OH is 1. The van der Waals surface area contributed by atoms with Crippen LogP contribution >= 0.6 is 11.8 Å². The number of thioether (sulfide) groups is 1. The van der Waals surface area contributed by atoms with Crippen LogP contribution in [0.25, 0.3) is 6.08 Å². The first-order valence-electron chi connectivity index (χ1n) is 9.27. The normalized spacial score (nSPS) is 16.7. The van der Waals surface area contributed by atoms with Crippen molar-refractivity contribution in [1.29, 1.82) is 0 Å². The minimum Gasteiger partial charge on any atom is -0.506 e. The summed E-state index contributed by atoms with van der Waals surface area (Å²) in [5.74, 6) is -1.02. The highest BCUT2D eigenvalue weighted by Crippen LogP contribution is 2.41. The van der Waals surface area contributed by atoms with Gasteiger partial charge in [-0.1, -0.05) is 17.8 Å². The summed E-state index contributed by atoms with van der Waals surface area (Å²) in [5, 5.41) is 20.5. The van der Waals surface area contributed by atoms with Gasteiger partial charge in [-0.05, 0) is 55.0 Å². The molecule has 0 radical (unpaired) electrons. The molecule has 0 saturated heterocycles. The number of aliphatic hydroxyl groups is 1. The maximum absolute atomic E-state index is 12.8. The van der Waals surface area contributed by atoms with Crippen molar-refractivity contribution in [2.45, 2.75) is 13.1 Å². The van der Waals surface area contributed by atoms with Crippen LogP contribution < -0.4 is 4.74 Å². The molecule has 32 heavy (non-hydrogen) atoms. The van der Waals surface area contributed by atoms with Crippen molar-refractivity contribution in [3.8, 4) is 11.5 Å². The van der Waals surface area contributed by atoms with Crippen molar-refractivity contribution in [3.63, 3.8) is 0 Å². The zero-order chi connectivity index (χ0) is 23.5. The van der Waals surface area contributed by atoms with Crippen LogP contribution in [0.1, 0.15) is 18.1 Å². The molecule has 1 aliphatic heterocycles. The average Bonchev–Trinajstić information content (AvgIpc) is 3.04. The molecule has 1 heterocycles. The van der Waals surface area contributed by atoms with Gasteiger partial charge in [-0.3, -0.25) is 0 Å². The van der Waals surface area contributed by atoms with E-state index in [9.17, 15) is 28.2 Å². The molecule has 1 aliphatic rings. The van der Waals surface area contributed by atoms with Crippen molar-refractivity contribution in [2.24, 2.45) is 4.99 Å². The van der Waals surface area contributed by atoms with E-state index >= 15 is 0 Å². The average molecular weight is 465 g/mol. The number of phenols is 1. The first-order chi connectivity index (χ1) is 15.1. The molecule has 168 valence electrons. The number of alkyl halides is 3. The maximum Gasteiger partial charge on any atom is 0.416 e. The lowest BCUT2D eigenvalue weighted by Crippen LogP contribution is -2.10. The molecule has 2 N–H and O–H groups in total. The second kappa shape index (κ2) is 9.39. The molecule has 2 aromatic carbocycles. The molecule has 0 fully saturated rings. The predicted molar refractivity (Wildman–Crippen MR) is 115 cm³/mol. The Morgan fingerprint density at radius 2 is 1.84 bits per heavy atom. The van der Waals surface area contributed by atoms with Crippen molar-refractivity contribution in [3.05, 3.63) is 69.8 Å². The van der Waals surface area contributed by atoms with Gasteiger partial charge in [0.15, 0.2) is 11.5 Å². The highest BCUT2D eigenvalue weighted by Gasteiger charge is 2.33. The Hall–Kier alpha value is -3.40. The molecule has 0 bridgehead atoms. The number of methoxy groups -OCH3 is 1. The van der Waals surface area contributed by atoms with Gasteiger partial charge in [0, 0.05) is 0 Å². The summed E-state index contributed by atoms with van der Waals surface area (Å²) in [6, 6.07) is 8.66. The molecule has 0 amide bonds. The molecular formula is C22H18F3NO5S. The molecule has 0 aromatic heterocycles. The third kappa shape index (κ3) is 5.08. The summed E-state index contributed by atoms with van der Waals surface area (Å²) in [4.78, 5) is 16.7. The monoisotopic (exact) mass is 465 g/mol. The summed E-state index contributed by atoms with van der Waals surface area (Å²) in [6.07, 6.45) is -2.93. The smallest absolute Gasteiger partial charge is 0.416 e. The fourth-order valence-electron chi connectivity index (χ4n) is 2.78. The predicted octanol–water partition coefficient (Wildman–Crippen LogP) is 5.61. The summed E-state index contributed by atoms with van der Waals surface area (Å²) >= 11 is 0.954. The molecule has 3 rings (SSSR count). The number of hydrogen-bond donors (Lipinski definition) is 2. The lowest BCUT2D eigenvalue weighted by atomic mass is 10.1. The second-order valence-electron chi connectivity index (χ2n) is 6.45. The highest BCUT2D eigenvalue weighted by atomic mass is 32.2. The molecule has 10 heteroatoms. The van der Waals surface area contributed by atoms with E-state index in [4.69, 9.17) is 9.47 Å². The molecule has 0 spiro atoms. The van der Waals surface area contributed by atoms with E-state index in [-0.39, 0.29) is 38.5 Å². The van der Waals surface area contributed by atoms with Crippen molar-refractivity contribution in [2.75, 3.05) is 13.7 Å². The Morgan fingerprint density at radius 3 is 2.44 bits per heavy atom. The molecule has 2 aromatic rings. The maximum atomic E-state index is 12.8. The van der Waals surface area contributed by atoms with Crippen LogP contribution in [0.4, 0.5) is 18.9 Å². The number of aromatic hydroxyl groups is 1. The van der Waals surface area contributed by atoms with Gasteiger partial charge >= 0.3 is 12.1 Å². The number of ether oxygens (including phenoxy) is 2. The summed E-state index contributed by atoms with van der Waals surface area (Å²) < 4.78 is 48.4. The SMILES string of the molecule is CCOc1cc(/C=C2/SC(=Nc3ccc(C(F)(F)F)cc3)C(C(=O)OC)=C2O)ccc1O. The van der Waals surface area contributed by atoms with Gasteiger partial charge in [-0.15, -0.1) is 0 Å². The minimum atomic E-state index is -4.48. The largest absolute Gasteiger partial charge is 0.506 e. The quantitative estimate of drug-likeness (QED) is 0.558. The van der Waals surface area contributed by atoms with Gasteiger partial charge in [-0.2, -0.15) is 13.2 Å². The Morgan fingerprint density at radius 1 is 1.16 bits per heavy atom. The summed E-state index contributed by atoms with van der Waals surface area (Å²) in [7, 11) is 1.14. The van der Waals surface area contributed by atoms with Crippen LogP contribution in [0.2, 0.25) is 0 Å². The third-order valence-electron chi connectivity index (χ3n) is 4.29. The molecule has 0 aliphatic carbocycles. The van der Waals surface area contributed by atoms with Crippen LogP contribution in [0, 0.1) is 0 Å². The number of carbonyl (C=O) groups excluding carboxylic acids is 1. The molecule has 6 nitrogen and oxygen atoms in total.